The number of carbonyl (C=O) groups is 3. The van der Waals surface area contributed by atoms with Gasteiger partial charge in [-0.1, -0.05) is 412 Å². The largest absolute Gasteiger partial charge is 0.545 e. The Labute approximate surface area is 555 Å². The van der Waals surface area contributed by atoms with Crippen molar-refractivity contribution < 1.29 is 42.9 Å². The summed E-state index contributed by atoms with van der Waals surface area (Å²) in [6.07, 6.45) is 85.3. The van der Waals surface area contributed by atoms with Gasteiger partial charge in [-0.15, -0.1) is 0 Å². The van der Waals surface area contributed by atoms with E-state index in [1.165, 1.54) is 372 Å². The maximum atomic E-state index is 13.0. The molecule has 0 rings (SSSR count). The predicted molar refractivity (Wildman–Crippen MR) is 381 cm³/mol. The first-order valence-electron chi connectivity index (χ1n) is 40.2. The van der Waals surface area contributed by atoms with Gasteiger partial charge in [0.2, 0.25) is 0 Å². The number of aliphatic carboxylic acids is 1. The van der Waals surface area contributed by atoms with Crippen LogP contribution in [0.25, 0.3) is 0 Å². The summed E-state index contributed by atoms with van der Waals surface area (Å²) in [5.74, 6) is -2.24. The lowest BCUT2D eigenvalue weighted by atomic mass is 10.0. The fourth-order valence-corrected chi connectivity index (χ4v) is 12.7. The van der Waals surface area contributed by atoms with Crippen LogP contribution in [-0.2, 0) is 33.3 Å². The van der Waals surface area contributed by atoms with Crippen molar-refractivity contribution in [2.24, 2.45) is 0 Å². The molecule has 0 aromatic heterocycles. The molecule has 2 unspecified atom stereocenters. The Bertz CT molecular complexity index is 1420. The molecule has 0 saturated heterocycles. The number of esters is 2. The summed E-state index contributed by atoms with van der Waals surface area (Å²) in [5.41, 5.74) is 0. The molecule has 0 aromatic carbocycles. The Morgan fingerprint density at radius 1 is 0.292 bits per heavy atom. The summed E-state index contributed by atoms with van der Waals surface area (Å²) < 4.78 is 22.9. The molecule has 0 heterocycles. The zero-order valence-electron chi connectivity index (χ0n) is 60.9. The second kappa shape index (κ2) is 72.1. The third-order valence-electron chi connectivity index (χ3n) is 18.9. The van der Waals surface area contributed by atoms with E-state index in [-0.39, 0.29) is 32.2 Å². The van der Waals surface area contributed by atoms with Crippen LogP contribution in [0.4, 0.5) is 0 Å². The number of hydrogen-bond donors (Lipinski definition) is 0. The Balaban J connectivity index is 3.94. The lowest BCUT2D eigenvalue weighted by Gasteiger charge is -2.26. The van der Waals surface area contributed by atoms with Crippen molar-refractivity contribution in [3.05, 3.63) is 0 Å². The van der Waals surface area contributed by atoms with Gasteiger partial charge in [0.15, 0.2) is 12.4 Å². The maximum absolute atomic E-state index is 13.0. The quantitative estimate of drug-likeness (QED) is 0.0256. The first-order chi connectivity index (χ1) is 43.6. The monoisotopic (exact) mass is 1260 g/mol. The summed E-state index contributed by atoms with van der Waals surface area (Å²) in [6.45, 7) is 4.86. The van der Waals surface area contributed by atoms with Crippen LogP contribution < -0.4 is 5.11 Å². The smallest absolute Gasteiger partial charge is 0.306 e. The molecule has 0 fully saturated rings. The molecule has 0 spiro atoms. The van der Waals surface area contributed by atoms with Gasteiger partial charge < -0.3 is 33.3 Å². The van der Waals surface area contributed by atoms with Crippen molar-refractivity contribution in [2.45, 2.75) is 450 Å². The molecule has 0 aliphatic heterocycles. The number of nitrogens with zero attached hydrogens (tertiary/aromatic N) is 1. The van der Waals surface area contributed by atoms with E-state index < -0.39 is 24.3 Å². The topological polar surface area (TPSA) is 111 Å². The van der Waals surface area contributed by atoms with Crippen molar-refractivity contribution in [3.63, 3.8) is 0 Å². The van der Waals surface area contributed by atoms with Crippen molar-refractivity contribution in [1.82, 2.24) is 0 Å². The first-order valence-corrected chi connectivity index (χ1v) is 40.2. The predicted octanol–water partition coefficient (Wildman–Crippen LogP) is 24.0. The number of carboxylic acid groups (broad SMARTS) is 1. The minimum Gasteiger partial charge on any atom is -0.545 e. The van der Waals surface area contributed by atoms with E-state index in [0.29, 0.717) is 17.4 Å². The van der Waals surface area contributed by atoms with Crippen LogP contribution in [0.2, 0.25) is 0 Å². The third-order valence-corrected chi connectivity index (χ3v) is 18.9. The van der Waals surface area contributed by atoms with Gasteiger partial charge >= 0.3 is 11.9 Å². The molecular formula is C80H157NO8. The minimum atomic E-state index is -1.62. The third kappa shape index (κ3) is 73.6. The van der Waals surface area contributed by atoms with Gasteiger partial charge in [-0.2, -0.15) is 0 Å². The Kier molecular flexibility index (Phi) is 70.7. The molecule has 9 nitrogen and oxygen atoms in total. The van der Waals surface area contributed by atoms with E-state index in [9.17, 15) is 19.5 Å². The fraction of sp³-hybridized carbons (Fsp3) is 0.963. The van der Waals surface area contributed by atoms with Crippen molar-refractivity contribution in [2.75, 3.05) is 47.5 Å². The summed E-state index contributed by atoms with van der Waals surface area (Å²) >= 11 is 0. The van der Waals surface area contributed by atoms with E-state index in [1.807, 2.05) is 21.1 Å². The highest BCUT2D eigenvalue weighted by Gasteiger charge is 2.22. The number of quaternary nitrogens is 1. The van der Waals surface area contributed by atoms with Crippen LogP contribution >= 0.6 is 0 Å². The number of carboxylic acids is 1. The van der Waals surface area contributed by atoms with E-state index in [2.05, 4.69) is 13.8 Å². The van der Waals surface area contributed by atoms with Crippen LogP contribution in [0.15, 0.2) is 0 Å². The molecular weight excluding hydrogens is 1100 g/mol. The highest BCUT2D eigenvalue weighted by atomic mass is 16.7. The lowest BCUT2D eigenvalue weighted by molar-refractivity contribution is -0.870. The normalized spacial score (nSPS) is 12.5. The maximum Gasteiger partial charge on any atom is 0.306 e. The van der Waals surface area contributed by atoms with Crippen molar-refractivity contribution in [1.29, 1.82) is 0 Å². The molecule has 0 amide bonds. The van der Waals surface area contributed by atoms with Crippen molar-refractivity contribution in [3.8, 4) is 0 Å². The molecule has 0 saturated carbocycles. The van der Waals surface area contributed by atoms with Gasteiger partial charge in [-0.25, -0.2) is 0 Å². The zero-order valence-corrected chi connectivity index (χ0v) is 60.9. The summed E-state index contributed by atoms with van der Waals surface area (Å²) in [5, 5.41) is 11.9. The van der Waals surface area contributed by atoms with Gasteiger partial charge in [0.1, 0.15) is 13.2 Å². The van der Waals surface area contributed by atoms with Crippen LogP contribution in [-0.4, -0.2) is 82.3 Å². The van der Waals surface area contributed by atoms with Gasteiger partial charge in [0.25, 0.3) is 0 Å². The molecule has 0 N–H and O–H groups in total. The number of ether oxygens (including phenoxy) is 4. The second-order valence-corrected chi connectivity index (χ2v) is 29.1. The number of carbonyl (C=O) groups excluding carboxylic acids is 3. The average molecular weight is 1260 g/mol. The van der Waals surface area contributed by atoms with Gasteiger partial charge in [-0.3, -0.25) is 9.59 Å². The summed E-state index contributed by atoms with van der Waals surface area (Å²) in [7, 11) is 5.96. The average Bonchev–Trinajstić information content (AvgIpc) is 3.64. The van der Waals surface area contributed by atoms with Crippen LogP contribution in [0, 0.1) is 0 Å². The van der Waals surface area contributed by atoms with Crippen molar-refractivity contribution >= 4 is 17.9 Å². The molecule has 0 radical (unpaired) electrons. The molecule has 0 aromatic rings. The van der Waals surface area contributed by atoms with E-state index >= 15 is 0 Å². The lowest BCUT2D eigenvalue weighted by Crippen LogP contribution is -2.44. The molecule has 0 aliphatic carbocycles. The summed E-state index contributed by atoms with van der Waals surface area (Å²) in [4.78, 5) is 37.6. The van der Waals surface area contributed by atoms with Gasteiger partial charge in [0.05, 0.1) is 40.3 Å². The van der Waals surface area contributed by atoms with E-state index in [0.717, 1.165) is 38.5 Å². The SMILES string of the molecule is CCCCCCCCCCCCCCCCCCCCCCCCCCCCCCCCCCCCCC(=O)OC(COC(=O)CCCCCCCCCCCCCCCCCCCCCCCCCCCCCCC)COC(OCC[N+](C)(C)C)C(=O)[O-]. The minimum absolute atomic E-state index is 0.154. The summed E-state index contributed by atoms with van der Waals surface area (Å²) in [6, 6.07) is 0. The zero-order chi connectivity index (χ0) is 64.7. The van der Waals surface area contributed by atoms with Crippen LogP contribution in [0.3, 0.4) is 0 Å². The number of rotatable bonds is 77. The Hall–Kier alpha value is -1.71. The van der Waals surface area contributed by atoms with E-state index in [1.54, 1.807) is 0 Å². The van der Waals surface area contributed by atoms with Crippen LogP contribution in [0.1, 0.15) is 438 Å². The number of likely N-dealkylation sites (N-methyl/N-ethyl adjacent to an activating group) is 1. The molecule has 0 bridgehead atoms. The second-order valence-electron chi connectivity index (χ2n) is 29.1. The molecule has 530 valence electrons. The van der Waals surface area contributed by atoms with Gasteiger partial charge in [-0.05, 0) is 12.8 Å². The Morgan fingerprint density at radius 2 is 0.506 bits per heavy atom. The highest BCUT2D eigenvalue weighted by molar-refractivity contribution is 5.70. The Morgan fingerprint density at radius 3 is 0.719 bits per heavy atom. The molecule has 2 atom stereocenters. The first kappa shape index (κ1) is 87.3. The number of unbranched alkanes of at least 4 members (excludes halogenated alkanes) is 62. The number of hydrogen-bond acceptors (Lipinski definition) is 8. The van der Waals surface area contributed by atoms with Crippen LogP contribution in [0.5, 0.6) is 0 Å². The molecule has 0 aliphatic rings. The van der Waals surface area contributed by atoms with E-state index in [4.69, 9.17) is 18.9 Å². The van der Waals surface area contributed by atoms with Gasteiger partial charge in [0, 0.05) is 12.8 Å². The standard InChI is InChI=1S/C80H157NO8/c1-6-8-10-12-14-16-18-20-22-24-26-28-30-32-34-36-37-38-39-40-41-43-45-47-49-51-53-55-57-59-61-63-65-67-69-71-78(83)89-76(75-88-80(79(84)85)86-73-72-81(3,4)5)74-87-77(82)70-68-66-64-62-60-58-56-54-52-50-48-46-44-42-35-33-31-29-27-25-23-21-19-17-15-13-11-9-7-2/h76,80H,6-75H2,1-5H3. The fourth-order valence-electron chi connectivity index (χ4n) is 12.7. The highest BCUT2D eigenvalue weighted by Crippen LogP contribution is 2.21. The molecule has 89 heavy (non-hydrogen) atoms. The molecule has 9 heteroatoms.